The third-order valence-electron chi connectivity index (χ3n) is 4.59. The van der Waals surface area contributed by atoms with Crippen LogP contribution in [-0.4, -0.2) is 24.9 Å². The fourth-order valence-electron chi connectivity index (χ4n) is 3.08. The SMILES string of the molecule is O=C(NCCCN(C(=O)Cc1ccccc1)c1ccccc1)c1ccc(Cl)cc1Cl. The Labute approximate surface area is 186 Å². The predicted octanol–water partition coefficient (Wildman–Crippen LogP) is 5.39. The van der Waals surface area contributed by atoms with E-state index in [1.54, 1.807) is 17.0 Å². The number of hydrogen-bond acceptors (Lipinski definition) is 2. The molecule has 0 unspecified atom stereocenters. The second kappa shape index (κ2) is 10.8. The molecule has 3 rings (SSSR count). The molecule has 30 heavy (non-hydrogen) atoms. The highest BCUT2D eigenvalue weighted by Gasteiger charge is 2.16. The molecule has 0 aliphatic rings. The van der Waals surface area contributed by atoms with Crippen molar-refractivity contribution >= 4 is 40.7 Å². The van der Waals surface area contributed by atoms with Crippen molar-refractivity contribution in [1.82, 2.24) is 5.32 Å². The summed E-state index contributed by atoms with van der Waals surface area (Å²) in [5.74, 6) is -0.252. The molecule has 4 nitrogen and oxygen atoms in total. The Hall–Kier alpha value is -2.82. The Bertz CT molecular complexity index is 995. The van der Waals surface area contributed by atoms with Gasteiger partial charge in [-0.25, -0.2) is 0 Å². The van der Waals surface area contributed by atoms with Crippen LogP contribution >= 0.6 is 23.2 Å². The minimum Gasteiger partial charge on any atom is -0.352 e. The number of anilines is 1. The van der Waals surface area contributed by atoms with Gasteiger partial charge < -0.3 is 10.2 Å². The van der Waals surface area contributed by atoms with Crippen LogP contribution in [0.4, 0.5) is 5.69 Å². The summed E-state index contributed by atoms with van der Waals surface area (Å²) in [6, 6.07) is 24.0. The number of carbonyl (C=O) groups excluding carboxylic acids is 2. The largest absolute Gasteiger partial charge is 0.352 e. The summed E-state index contributed by atoms with van der Waals surface area (Å²) in [5, 5.41) is 3.64. The molecule has 0 spiro atoms. The highest BCUT2D eigenvalue weighted by atomic mass is 35.5. The standard InChI is InChI=1S/C24H22Cl2N2O2/c25-19-12-13-21(22(26)17-19)24(30)27-14-7-15-28(20-10-5-2-6-11-20)23(29)16-18-8-3-1-4-9-18/h1-6,8-13,17H,7,14-16H2,(H,27,30). The number of nitrogens with one attached hydrogen (secondary N) is 1. The van der Waals surface area contributed by atoms with Gasteiger partial charge in [0.1, 0.15) is 0 Å². The summed E-state index contributed by atoms with van der Waals surface area (Å²) >= 11 is 12.0. The number of rotatable bonds is 8. The lowest BCUT2D eigenvalue weighted by molar-refractivity contribution is -0.118. The van der Waals surface area contributed by atoms with Crippen LogP contribution in [0, 0.1) is 0 Å². The van der Waals surface area contributed by atoms with E-state index < -0.39 is 0 Å². The normalized spacial score (nSPS) is 10.5. The van der Waals surface area contributed by atoms with E-state index >= 15 is 0 Å². The van der Waals surface area contributed by atoms with Crippen LogP contribution in [0.2, 0.25) is 10.0 Å². The second-order valence-electron chi connectivity index (χ2n) is 6.78. The van der Waals surface area contributed by atoms with Crippen LogP contribution in [0.25, 0.3) is 0 Å². The van der Waals surface area contributed by atoms with E-state index in [2.05, 4.69) is 5.32 Å². The lowest BCUT2D eigenvalue weighted by Gasteiger charge is -2.23. The van der Waals surface area contributed by atoms with Crippen molar-refractivity contribution in [1.29, 1.82) is 0 Å². The molecule has 2 amide bonds. The Morgan fingerprint density at radius 1 is 0.867 bits per heavy atom. The van der Waals surface area contributed by atoms with Gasteiger partial charge in [-0.3, -0.25) is 9.59 Å². The molecular formula is C24H22Cl2N2O2. The highest BCUT2D eigenvalue weighted by molar-refractivity contribution is 6.36. The van der Waals surface area contributed by atoms with Crippen molar-refractivity contribution in [3.05, 3.63) is 100 Å². The maximum absolute atomic E-state index is 12.9. The molecule has 3 aromatic rings. The smallest absolute Gasteiger partial charge is 0.252 e. The van der Waals surface area contributed by atoms with Gasteiger partial charge in [-0.15, -0.1) is 0 Å². The molecule has 0 aromatic heterocycles. The van der Waals surface area contributed by atoms with Gasteiger partial charge >= 0.3 is 0 Å². The number of amides is 2. The van der Waals surface area contributed by atoms with Gasteiger partial charge in [0.2, 0.25) is 5.91 Å². The van der Waals surface area contributed by atoms with E-state index in [9.17, 15) is 9.59 Å². The molecule has 0 heterocycles. The highest BCUT2D eigenvalue weighted by Crippen LogP contribution is 2.21. The Balaban J connectivity index is 1.59. The van der Waals surface area contributed by atoms with Crippen molar-refractivity contribution in [2.24, 2.45) is 0 Å². The molecule has 3 aromatic carbocycles. The fraction of sp³-hybridized carbons (Fsp3) is 0.167. The quantitative estimate of drug-likeness (QED) is 0.477. The van der Waals surface area contributed by atoms with Gasteiger partial charge in [-0.1, -0.05) is 71.7 Å². The van der Waals surface area contributed by atoms with Crippen molar-refractivity contribution < 1.29 is 9.59 Å². The van der Waals surface area contributed by atoms with E-state index in [1.807, 2.05) is 60.7 Å². The first-order valence-electron chi connectivity index (χ1n) is 9.67. The van der Waals surface area contributed by atoms with Gasteiger partial charge in [0.25, 0.3) is 5.91 Å². The first kappa shape index (κ1) is 21.9. The average molecular weight is 441 g/mol. The van der Waals surface area contributed by atoms with Gasteiger partial charge in [-0.2, -0.15) is 0 Å². The molecule has 0 radical (unpaired) electrons. The minimum absolute atomic E-state index is 0.0134. The molecule has 0 aliphatic carbocycles. The van der Waals surface area contributed by atoms with Crippen LogP contribution in [0.1, 0.15) is 22.3 Å². The Kier molecular flexibility index (Phi) is 7.89. The molecule has 0 fully saturated rings. The first-order chi connectivity index (χ1) is 14.5. The number of carbonyl (C=O) groups is 2. The van der Waals surface area contributed by atoms with Crippen LogP contribution in [-0.2, 0) is 11.2 Å². The fourth-order valence-corrected chi connectivity index (χ4v) is 3.57. The van der Waals surface area contributed by atoms with Gasteiger partial charge in [0, 0.05) is 23.8 Å². The Morgan fingerprint density at radius 3 is 2.20 bits per heavy atom. The summed E-state index contributed by atoms with van der Waals surface area (Å²) in [6.45, 7) is 0.907. The van der Waals surface area contributed by atoms with Crippen LogP contribution in [0.15, 0.2) is 78.9 Å². The number of para-hydroxylation sites is 1. The van der Waals surface area contributed by atoms with Crippen molar-refractivity contribution in [3.63, 3.8) is 0 Å². The van der Waals surface area contributed by atoms with E-state index in [0.29, 0.717) is 41.5 Å². The molecule has 0 saturated carbocycles. The van der Waals surface area contributed by atoms with Crippen LogP contribution < -0.4 is 10.2 Å². The molecule has 0 atom stereocenters. The average Bonchev–Trinajstić information content (AvgIpc) is 2.75. The summed E-state index contributed by atoms with van der Waals surface area (Å²) in [4.78, 5) is 27.1. The lowest BCUT2D eigenvalue weighted by atomic mass is 10.1. The van der Waals surface area contributed by atoms with Crippen molar-refractivity contribution in [2.75, 3.05) is 18.0 Å². The zero-order valence-corrected chi connectivity index (χ0v) is 17.9. The van der Waals surface area contributed by atoms with Gasteiger partial charge in [-0.05, 0) is 42.3 Å². The third kappa shape index (κ3) is 6.09. The van der Waals surface area contributed by atoms with Crippen LogP contribution in [0.3, 0.4) is 0 Å². The second-order valence-corrected chi connectivity index (χ2v) is 7.62. The first-order valence-corrected chi connectivity index (χ1v) is 10.4. The van der Waals surface area contributed by atoms with Gasteiger partial charge in [0.15, 0.2) is 0 Å². The molecule has 6 heteroatoms. The maximum Gasteiger partial charge on any atom is 0.252 e. The zero-order valence-electron chi connectivity index (χ0n) is 16.4. The molecule has 0 bridgehead atoms. The monoisotopic (exact) mass is 440 g/mol. The number of halogens is 2. The minimum atomic E-state index is -0.265. The topological polar surface area (TPSA) is 49.4 Å². The molecule has 154 valence electrons. The predicted molar refractivity (Wildman–Crippen MR) is 122 cm³/mol. The molecular weight excluding hydrogens is 419 g/mol. The summed E-state index contributed by atoms with van der Waals surface area (Å²) in [7, 11) is 0. The summed E-state index contributed by atoms with van der Waals surface area (Å²) in [5.41, 5.74) is 2.18. The summed E-state index contributed by atoms with van der Waals surface area (Å²) in [6.07, 6.45) is 0.925. The molecule has 0 aliphatic heterocycles. The molecule has 0 saturated heterocycles. The van der Waals surface area contributed by atoms with E-state index in [-0.39, 0.29) is 11.8 Å². The number of hydrogen-bond donors (Lipinski definition) is 1. The number of benzene rings is 3. The van der Waals surface area contributed by atoms with E-state index in [1.165, 1.54) is 6.07 Å². The zero-order chi connectivity index (χ0) is 21.3. The number of nitrogens with zero attached hydrogens (tertiary/aromatic N) is 1. The summed E-state index contributed by atoms with van der Waals surface area (Å²) < 4.78 is 0. The third-order valence-corrected chi connectivity index (χ3v) is 5.13. The molecule has 1 N–H and O–H groups in total. The Morgan fingerprint density at radius 2 is 1.53 bits per heavy atom. The van der Waals surface area contributed by atoms with Gasteiger partial charge in [0.05, 0.1) is 17.0 Å². The van der Waals surface area contributed by atoms with Crippen molar-refractivity contribution in [2.45, 2.75) is 12.8 Å². The lowest BCUT2D eigenvalue weighted by Crippen LogP contribution is -2.35. The maximum atomic E-state index is 12.9. The van der Waals surface area contributed by atoms with E-state index in [4.69, 9.17) is 23.2 Å². The van der Waals surface area contributed by atoms with Crippen molar-refractivity contribution in [3.8, 4) is 0 Å². The van der Waals surface area contributed by atoms with Crippen LogP contribution in [0.5, 0.6) is 0 Å². The van der Waals surface area contributed by atoms with E-state index in [0.717, 1.165) is 11.3 Å².